The van der Waals surface area contributed by atoms with Crippen molar-refractivity contribution in [3.63, 3.8) is 0 Å². The summed E-state index contributed by atoms with van der Waals surface area (Å²) < 4.78 is 5.30. The maximum absolute atomic E-state index is 13.2. The molecule has 1 aliphatic rings. The molecule has 0 fully saturated rings. The van der Waals surface area contributed by atoms with Crippen molar-refractivity contribution in [3.8, 4) is 0 Å². The van der Waals surface area contributed by atoms with E-state index in [2.05, 4.69) is 25.1 Å². The van der Waals surface area contributed by atoms with Crippen molar-refractivity contribution in [2.75, 3.05) is 18.7 Å². The molecule has 5 rings (SSSR count). The summed E-state index contributed by atoms with van der Waals surface area (Å²) in [6.07, 6.45) is 4.03. The number of imidazole rings is 1. The third-order valence-corrected chi connectivity index (χ3v) is 4.99. The Morgan fingerprint density at radius 3 is 2.90 bits per heavy atom. The first-order chi connectivity index (χ1) is 14.1. The third kappa shape index (κ3) is 2.90. The first-order valence-corrected chi connectivity index (χ1v) is 9.06. The Labute approximate surface area is 164 Å². The van der Waals surface area contributed by atoms with Crippen LogP contribution < -0.4 is 5.06 Å². The number of rotatable bonds is 3. The van der Waals surface area contributed by atoms with E-state index >= 15 is 0 Å². The van der Waals surface area contributed by atoms with Gasteiger partial charge in [0.15, 0.2) is 0 Å². The summed E-state index contributed by atoms with van der Waals surface area (Å²) in [5.74, 6) is -0.648. The quantitative estimate of drug-likeness (QED) is 0.508. The summed E-state index contributed by atoms with van der Waals surface area (Å²) in [6, 6.07) is 9.21. The minimum atomic E-state index is -0.496. The molecule has 0 aliphatic carbocycles. The van der Waals surface area contributed by atoms with Crippen LogP contribution in [0.4, 0.5) is 6.01 Å². The van der Waals surface area contributed by atoms with Crippen LogP contribution in [0.25, 0.3) is 10.8 Å². The Bertz CT molecular complexity index is 1200. The van der Waals surface area contributed by atoms with Gasteiger partial charge < -0.3 is 14.3 Å². The lowest BCUT2D eigenvalue weighted by Gasteiger charge is -2.33. The summed E-state index contributed by atoms with van der Waals surface area (Å²) in [4.78, 5) is 27.0. The maximum atomic E-state index is 13.2. The standard InChI is InChI=1S/C19H17N7O3/c1-25(28)19-24-23-17(29-19)18(27)26-7-6-13-15(22-10-21-13)16(26)14-8-11-4-2-3-5-12(11)9-20-14/h2-5,8-10,16,28H,6-7H2,1H3,(H,21,22)/t16-/m1/s1. The zero-order chi connectivity index (χ0) is 20.0. The number of aromatic amines is 1. The smallest absolute Gasteiger partial charge is 0.342 e. The number of pyridine rings is 1. The number of amides is 1. The van der Waals surface area contributed by atoms with Gasteiger partial charge in [0.2, 0.25) is 0 Å². The molecule has 29 heavy (non-hydrogen) atoms. The minimum absolute atomic E-state index is 0.161. The van der Waals surface area contributed by atoms with Gasteiger partial charge in [0.1, 0.15) is 6.04 Å². The minimum Gasteiger partial charge on any atom is -0.397 e. The second kappa shape index (κ2) is 6.67. The van der Waals surface area contributed by atoms with Crippen LogP contribution in [0.1, 0.15) is 33.8 Å². The average molecular weight is 391 g/mol. The van der Waals surface area contributed by atoms with E-state index in [4.69, 9.17) is 4.42 Å². The predicted octanol–water partition coefficient (Wildman–Crippen LogP) is 1.95. The molecule has 10 nitrogen and oxygen atoms in total. The van der Waals surface area contributed by atoms with Crippen LogP contribution in [0.3, 0.4) is 0 Å². The molecule has 4 heterocycles. The fourth-order valence-corrected chi connectivity index (χ4v) is 3.60. The number of hydroxylamine groups is 1. The molecule has 3 aromatic heterocycles. The molecule has 0 spiro atoms. The molecule has 0 unspecified atom stereocenters. The topological polar surface area (TPSA) is 124 Å². The highest BCUT2D eigenvalue weighted by molar-refractivity contribution is 5.90. The predicted molar refractivity (Wildman–Crippen MR) is 101 cm³/mol. The maximum Gasteiger partial charge on any atom is 0.342 e. The molecule has 10 heteroatoms. The summed E-state index contributed by atoms with van der Waals surface area (Å²) in [7, 11) is 1.33. The van der Waals surface area contributed by atoms with Gasteiger partial charge in [-0.3, -0.25) is 15.0 Å². The van der Waals surface area contributed by atoms with Gasteiger partial charge in [-0.25, -0.2) is 10.0 Å². The highest BCUT2D eigenvalue weighted by Crippen LogP contribution is 2.34. The third-order valence-electron chi connectivity index (χ3n) is 4.99. The largest absolute Gasteiger partial charge is 0.397 e. The van der Waals surface area contributed by atoms with Crippen molar-refractivity contribution in [3.05, 3.63) is 65.8 Å². The van der Waals surface area contributed by atoms with E-state index in [0.29, 0.717) is 23.7 Å². The summed E-state index contributed by atoms with van der Waals surface area (Å²) in [5, 5.41) is 19.6. The van der Waals surface area contributed by atoms with Crippen molar-refractivity contribution in [2.24, 2.45) is 0 Å². The van der Waals surface area contributed by atoms with Gasteiger partial charge in [-0.05, 0) is 11.5 Å². The molecule has 1 amide bonds. The number of carbonyl (C=O) groups excluding carboxylic acids is 1. The van der Waals surface area contributed by atoms with Crippen LogP contribution in [-0.2, 0) is 6.42 Å². The fourth-order valence-electron chi connectivity index (χ4n) is 3.60. The van der Waals surface area contributed by atoms with Crippen LogP contribution in [0.15, 0.2) is 47.3 Å². The van der Waals surface area contributed by atoms with Gasteiger partial charge in [0.25, 0.3) is 0 Å². The number of H-pyrrole nitrogens is 1. The van der Waals surface area contributed by atoms with E-state index < -0.39 is 11.9 Å². The number of hydrogen-bond donors (Lipinski definition) is 2. The number of nitrogens with zero attached hydrogens (tertiary/aromatic N) is 6. The molecule has 0 radical (unpaired) electrons. The molecule has 1 aromatic carbocycles. The average Bonchev–Trinajstić information content (AvgIpc) is 3.42. The summed E-state index contributed by atoms with van der Waals surface area (Å²) in [5.41, 5.74) is 2.41. The number of hydrogen-bond acceptors (Lipinski definition) is 8. The van der Waals surface area contributed by atoms with Crippen LogP contribution in [-0.4, -0.2) is 54.8 Å². The lowest BCUT2D eigenvalue weighted by atomic mass is 9.98. The van der Waals surface area contributed by atoms with Crippen LogP contribution in [0, 0.1) is 0 Å². The van der Waals surface area contributed by atoms with E-state index in [0.717, 1.165) is 22.2 Å². The van der Waals surface area contributed by atoms with Crippen LogP contribution >= 0.6 is 0 Å². The Morgan fingerprint density at radius 2 is 2.10 bits per heavy atom. The van der Waals surface area contributed by atoms with E-state index in [9.17, 15) is 10.0 Å². The van der Waals surface area contributed by atoms with Gasteiger partial charge in [0, 0.05) is 37.3 Å². The highest BCUT2D eigenvalue weighted by Gasteiger charge is 2.37. The Hall–Kier alpha value is -3.79. The number of benzene rings is 1. The van der Waals surface area contributed by atoms with Crippen molar-refractivity contribution in [2.45, 2.75) is 12.5 Å². The molecular formula is C19H17N7O3. The Balaban J connectivity index is 1.59. The Kier molecular flexibility index (Phi) is 3.98. The van der Waals surface area contributed by atoms with Crippen LogP contribution in [0.5, 0.6) is 0 Å². The van der Waals surface area contributed by atoms with E-state index in [1.165, 1.54) is 7.05 Å². The highest BCUT2D eigenvalue weighted by atomic mass is 16.5. The van der Waals surface area contributed by atoms with Gasteiger partial charge in [-0.1, -0.05) is 29.4 Å². The van der Waals surface area contributed by atoms with Crippen molar-refractivity contribution in [1.82, 2.24) is 30.0 Å². The summed E-state index contributed by atoms with van der Waals surface area (Å²) in [6.45, 7) is 0.430. The second-order valence-corrected chi connectivity index (χ2v) is 6.79. The molecule has 0 saturated heterocycles. The number of aromatic nitrogens is 5. The zero-order valence-corrected chi connectivity index (χ0v) is 15.5. The first-order valence-electron chi connectivity index (χ1n) is 9.06. The van der Waals surface area contributed by atoms with Crippen LogP contribution in [0.2, 0.25) is 0 Å². The second-order valence-electron chi connectivity index (χ2n) is 6.79. The molecule has 4 aromatic rings. The van der Waals surface area contributed by atoms with Gasteiger partial charge in [-0.2, -0.15) is 0 Å². The number of carbonyl (C=O) groups is 1. The number of fused-ring (bicyclic) bond motifs is 2. The first kappa shape index (κ1) is 17.3. The molecule has 1 aliphatic heterocycles. The molecule has 0 saturated carbocycles. The van der Waals surface area contributed by atoms with Gasteiger partial charge in [-0.15, -0.1) is 5.10 Å². The molecule has 146 valence electrons. The van der Waals surface area contributed by atoms with E-state index in [1.54, 1.807) is 17.4 Å². The van der Waals surface area contributed by atoms with Gasteiger partial charge in [0.05, 0.1) is 17.7 Å². The zero-order valence-electron chi connectivity index (χ0n) is 15.5. The molecular weight excluding hydrogens is 374 g/mol. The lowest BCUT2D eigenvalue weighted by molar-refractivity contribution is 0.0645. The number of nitrogens with one attached hydrogen (secondary N) is 1. The van der Waals surface area contributed by atoms with Gasteiger partial charge >= 0.3 is 17.8 Å². The number of anilines is 1. The normalized spacial score (nSPS) is 16.1. The van der Waals surface area contributed by atoms with E-state index in [1.807, 2.05) is 30.3 Å². The van der Waals surface area contributed by atoms with E-state index in [-0.39, 0.29) is 11.9 Å². The van der Waals surface area contributed by atoms with Crippen molar-refractivity contribution in [1.29, 1.82) is 0 Å². The SMILES string of the molecule is CN(O)c1nnc(C(=O)N2CCc3[nH]cnc3[C@H]2c2cc3ccccc3cn2)o1. The molecule has 1 atom stereocenters. The molecule has 2 N–H and O–H groups in total. The molecule has 0 bridgehead atoms. The Morgan fingerprint density at radius 1 is 1.28 bits per heavy atom. The lowest BCUT2D eigenvalue weighted by Crippen LogP contribution is -2.41. The fraction of sp³-hybridized carbons (Fsp3) is 0.211. The van der Waals surface area contributed by atoms with Crippen molar-refractivity contribution < 1.29 is 14.4 Å². The monoisotopic (exact) mass is 391 g/mol. The van der Waals surface area contributed by atoms with Crippen molar-refractivity contribution >= 4 is 22.7 Å². The summed E-state index contributed by atoms with van der Waals surface area (Å²) >= 11 is 0.